The summed E-state index contributed by atoms with van der Waals surface area (Å²) < 4.78 is 0. The van der Waals surface area contributed by atoms with Gasteiger partial charge in [-0.3, -0.25) is 19.3 Å². The molecule has 0 atom stereocenters. The summed E-state index contributed by atoms with van der Waals surface area (Å²) in [6.07, 6.45) is 5.54. The molecule has 0 unspecified atom stereocenters. The van der Waals surface area contributed by atoms with Crippen LogP contribution in [0.5, 0.6) is 0 Å². The van der Waals surface area contributed by atoms with E-state index in [-0.39, 0.29) is 30.2 Å². The summed E-state index contributed by atoms with van der Waals surface area (Å²) >= 11 is 5.90. The third-order valence-electron chi connectivity index (χ3n) is 6.55. The normalized spacial score (nSPS) is 17.3. The van der Waals surface area contributed by atoms with Crippen LogP contribution in [-0.2, 0) is 9.59 Å². The Labute approximate surface area is 205 Å². The number of nitrogens with one attached hydrogen (secondary N) is 2. The molecule has 0 radical (unpaired) electrons. The van der Waals surface area contributed by atoms with Gasteiger partial charge in [0.05, 0.1) is 17.8 Å². The minimum absolute atomic E-state index is 0.180. The molecule has 4 rings (SSSR count). The molecular weight excluding hydrogens is 452 g/mol. The molecule has 34 heavy (non-hydrogen) atoms. The molecule has 0 bridgehead atoms. The maximum absolute atomic E-state index is 12.8. The fraction of sp³-hybridized carbons (Fsp3) is 0.423. The maximum atomic E-state index is 12.8. The topological polar surface area (TPSA) is 81.8 Å². The Morgan fingerprint density at radius 2 is 1.53 bits per heavy atom. The van der Waals surface area contributed by atoms with E-state index in [9.17, 15) is 14.4 Å². The highest BCUT2D eigenvalue weighted by atomic mass is 35.5. The molecule has 3 amide bonds. The first-order chi connectivity index (χ1) is 16.5. The highest BCUT2D eigenvalue weighted by molar-refractivity contribution is 6.30. The molecule has 2 N–H and O–H groups in total. The van der Waals surface area contributed by atoms with Crippen LogP contribution in [0.4, 0.5) is 11.4 Å². The Morgan fingerprint density at radius 3 is 2.24 bits per heavy atom. The van der Waals surface area contributed by atoms with E-state index in [0.29, 0.717) is 48.1 Å². The second-order valence-electron chi connectivity index (χ2n) is 8.99. The molecule has 1 aliphatic carbocycles. The average Bonchev–Trinajstić information content (AvgIpc) is 2.86. The van der Waals surface area contributed by atoms with Crippen molar-refractivity contribution < 1.29 is 14.4 Å². The van der Waals surface area contributed by atoms with Crippen molar-refractivity contribution in [3.8, 4) is 0 Å². The number of amides is 3. The van der Waals surface area contributed by atoms with Gasteiger partial charge in [-0.05, 0) is 49.2 Å². The van der Waals surface area contributed by atoms with E-state index in [0.717, 1.165) is 25.7 Å². The Morgan fingerprint density at radius 1 is 0.853 bits per heavy atom. The number of hydrogen-bond donors (Lipinski definition) is 2. The molecule has 1 heterocycles. The first-order valence-electron chi connectivity index (χ1n) is 12.0. The van der Waals surface area contributed by atoms with Gasteiger partial charge in [-0.1, -0.05) is 43.0 Å². The number of rotatable bonds is 6. The van der Waals surface area contributed by atoms with Crippen molar-refractivity contribution in [1.29, 1.82) is 0 Å². The molecule has 2 fully saturated rings. The zero-order chi connectivity index (χ0) is 23.9. The molecule has 7 nitrogen and oxygen atoms in total. The fourth-order valence-electron chi connectivity index (χ4n) is 4.65. The maximum Gasteiger partial charge on any atom is 0.257 e. The zero-order valence-corrected chi connectivity index (χ0v) is 20.0. The van der Waals surface area contributed by atoms with Crippen molar-refractivity contribution in [2.75, 3.05) is 43.4 Å². The van der Waals surface area contributed by atoms with Gasteiger partial charge < -0.3 is 15.5 Å². The fourth-order valence-corrected chi connectivity index (χ4v) is 4.77. The van der Waals surface area contributed by atoms with Crippen molar-refractivity contribution in [2.45, 2.75) is 32.1 Å². The van der Waals surface area contributed by atoms with Crippen LogP contribution in [0.1, 0.15) is 42.5 Å². The van der Waals surface area contributed by atoms with Crippen molar-refractivity contribution >= 4 is 40.7 Å². The third-order valence-corrected chi connectivity index (χ3v) is 6.81. The smallest absolute Gasteiger partial charge is 0.257 e. The largest absolute Gasteiger partial charge is 0.340 e. The van der Waals surface area contributed by atoms with E-state index in [1.54, 1.807) is 48.5 Å². The number of carbonyl (C=O) groups excluding carboxylic acids is 3. The minimum Gasteiger partial charge on any atom is -0.340 e. The van der Waals surface area contributed by atoms with E-state index in [1.165, 1.54) is 6.42 Å². The lowest BCUT2D eigenvalue weighted by Crippen LogP contribution is -2.52. The van der Waals surface area contributed by atoms with Crippen LogP contribution in [0.15, 0.2) is 48.5 Å². The molecule has 2 aromatic rings. The summed E-state index contributed by atoms with van der Waals surface area (Å²) in [4.78, 5) is 42.3. The van der Waals surface area contributed by atoms with Gasteiger partial charge in [-0.25, -0.2) is 0 Å². The van der Waals surface area contributed by atoms with Gasteiger partial charge in [0.15, 0.2) is 0 Å². The van der Waals surface area contributed by atoms with Crippen molar-refractivity contribution in [3.63, 3.8) is 0 Å². The molecular formula is C26H31ClN4O3. The monoisotopic (exact) mass is 482 g/mol. The summed E-state index contributed by atoms with van der Waals surface area (Å²) in [5.41, 5.74) is 1.47. The van der Waals surface area contributed by atoms with E-state index in [1.807, 2.05) is 4.90 Å². The van der Waals surface area contributed by atoms with Crippen LogP contribution in [0.25, 0.3) is 0 Å². The number of benzene rings is 2. The van der Waals surface area contributed by atoms with Crippen LogP contribution in [-0.4, -0.2) is 60.2 Å². The SMILES string of the molecule is O=C(CN1CCN(C(=O)C2CCCCC2)CC1)Nc1ccccc1C(=O)Nc1ccc(Cl)cc1. The van der Waals surface area contributed by atoms with Crippen molar-refractivity contribution in [3.05, 3.63) is 59.1 Å². The predicted molar refractivity (Wildman–Crippen MR) is 134 cm³/mol. The Kier molecular flexibility index (Phi) is 8.19. The predicted octanol–water partition coefficient (Wildman–Crippen LogP) is 4.26. The lowest BCUT2D eigenvalue weighted by Gasteiger charge is -2.36. The van der Waals surface area contributed by atoms with Gasteiger partial charge in [-0.2, -0.15) is 0 Å². The van der Waals surface area contributed by atoms with Crippen LogP contribution in [0.2, 0.25) is 5.02 Å². The van der Waals surface area contributed by atoms with Crippen LogP contribution in [0, 0.1) is 5.92 Å². The summed E-state index contributed by atoms with van der Waals surface area (Å²) in [5, 5.41) is 6.29. The number of carbonyl (C=O) groups is 3. The van der Waals surface area contributed by atoms with Crippen LogP contribution >= 0.6 is 11.6 Å². The molecule has 2 aromatic carbocycles. The molecule has 1 saturated carbocycles. The number of halogens is 1. The molecule has 8 heteroatoms. The molecule has 1 saturated heterocycles. The first-order valence-corrected chi connectivity index (χ1v) is 12.3. The van der Waals surface area contributed by atoms with Gasteiger partial charge in [0, 0.05) is 42.8 Å². The van der Waals surface area contributed by atoms with E-state index in [4.69, 9.17) is 11.6 Å². The Balaban J connectivity index is 1.28. The number of piperazine rings is 1. The van der Waals surface area contributed by atoms with Crippen molar-refractivity contribution in [2.24, 2.45) is 5.92 Å². The van der Waals surface area contributed by atoms with Gasteiger partial charge in [-0.15, -0.1) is 0 Å². The molecule has 1 aliphatic heterocycles. The van der Waals surface area contributed by atoms with Crippen LogP contribution < -0.4 is 10.6 Å². The lowest BCUT2D eigenvalue weighted by molar-refractivity contribution is -0.138. The van der Waals surface area contributed by atoms with Crippen LogP contribution in [0.3, 0.4) is 0 Å². The van der Waals surface area contributed by atoms with E-state index >= 15 is 0 Å². The van der Waals surface area contributed by atoms with Crippen molar-refractivity contribution in [1.82, 2.24) is 9.80 Å². The molecule has 180 valence electrons. The average molecular weight is 483 g/mol. The van der Waals surface area contributed by atoms with E-state index < -0.39 is 0 Å². The summed E-state index contributed by atoms with van der Waals surface area (Å²) in [6.45, 7) is 2.87. The number of nitrogens with zero attached hydrogens (tertiary/aromatic N) is 2. The summed E-state index contributed by atoms with van der Waals surface area (Å²) in [6, 6.07) is 13.8. The number of anilines is 2. The van der Waals surface area contributed by atoms with Gasteiger partial charge in [0.25, 0.3) is 5.91 Å². The van der Waals surface area contributed by atoms with Gasteiger partial charge in [0.2, 0.25) is 11.8 Å². The quantitative estimate of drug-likeness (QED) is 0.644. The summed E-state index contributed by atoms with van der Waals surface area (Å²) in [7, 11) is 0. The number of hydrogen-bond acceptors (Lipinski definition) is 4. The Hall–Kier alpha value is -2.90. The number of para-hydroxylation sites is 1. The van der Waals surface area contributed by atoms with E-state index in [2.05, 4.69) is 15.5 Å². The van der Waals surface area contributed by atoms with Gasteiger partial charge >= 0.3 is 0 Å². The van der Waals surface area contributed by atoms with Gasteiger partial charge in [0.1, 0.15) is 0 Å². The molecule has 2 aliphatic rings. The first kappa shape index (κ1) is 24.2. The zero-order valence-electron chi connectivity index (χ0n) is 19.3. The highest BCUT2D eigenvalue weighted by Gasteiger charge is 2.29. The minimum atomic E-state index is -0.312. The third kappa shape index (κ3) is 6.36. The lowest BCUT2D eigenvalue weighted by atomic mass is 9.88. The molecule has 0 aromatic heterocycles. The Bertz CT molecular complexity index is 1010. The highest BCUT2D eigenvalue weighted by Crippen LogP contribution is 2.26. The molecule has 0 spiro atoms. The standard InChI is InChI=1S/C26H31ClN4O3/c27-20-10-12-21(13-11-20)28-25(33)22-8-4-5-9-23(22)29-24(32)18-30-14-16-31(17-15-30)26(34)19-6-2-1-3-7-19/h4-5,8-13,19H,1-3,6-7,14-18H2,(H,28,33)(H,29,32). The second kappa shape index (κ2) is 11.5. The summed E-state index contributed by atoms with van der Waals surface area (Å²) in [5.74, 6) is -0.0320. The second-order valence-corrected chi connectivity index (χ2v) is 9.43.